The van der Waals surface area contributed by atoms with Crippen molar-refractivity contribution in [3.05, 3.63) is 35.9 Å². The maximum atomic E-state index is 12.7. The second kappa shape index (κ2) is 9.15. The van der Waals surface area contributed by atoms with Crippen LogP contribution in [-0.2, 0) is 15.1 Å². The second-order valence-electron chi connectivity index (χ2n) is 11.3. The lowest BCUT2D eigenvalue weighted by Gasteiger charge is -2.53. The first-order chi connectivity index (χ1) is 16.3. The van der Waals surface area contributed by atoms with Gasteiger partial charge in [-0.1, -0.05) is 30.3 Å². The van der Waals surface area contributed by atoms with Crippen LogP contribution < -0.4 is 5.32 Å². The molecular weight excluding hydrogens is 432 g/mol. The van der Waals surface area contributed by atoms with E-state index in [9.17, 15) is 15.0 Å². The molecule has 8 heteroatoms. The predicted molar refractivity (Wildman–Crippen MR) is 129 cm³/mol. The molecule has 3 N–H and O–H groups in total. The van der Waals surface area contributed by atoms with Crippen LogP contribution in [-0.4, -0.2) is 101 Å². The summed E-state index contributed by atoms with van der Waals surface area (Å²) in [5, 5.41) is 25.4. The van der Waals surface area contributed by atoms with Crippen molar-refractivity contribution in [3.63, 3.8) is 0 Å². The lowest BCUT2D eigenvalue weighted by atomic mass is 9.67. The Morgan fingerprint density at radius 3 is 2.32 bits per heavy atom. The van der Waals surface area contributed by atoms with Crippen LogP contribution in [0.3, 0.4) is 0 Å². The van der Waals surface area contributed by atoms with Crippen LogP contribution >= 0.6 is 0 Å². The van der Waals surface area contributed by atoms with Crippen molar-refractivity contribution in [2.24, 2.45) is 0 Å². The Hall–Kier alpha value is -1.55. The summed E-state index contributed by atoms with van der Waals surface area (Å²) >= 11 is 0. The Morgan fingerprint density at radius 1 is 1.12 bits per heavy atom. The third-order valence-corrected chi connectivity index (χ3v) is 8.99. The lowest BCUT2D eigenvalue weighted by molar-refractivity contribution is -0.148. The zero-order chi connectivity index (χ0) is 24.0. The molecule has 0 bridgehead atoms. The summed E-state index contributed by atoms with van der Waals surface area (Å²) in [6.07, 6.45) is 5.46. The van der Waals surface area contributed by atoms with Crippen molar-refractivity contribution in [1.82, 2.24) is 20.0 Å². The van der Waals surface area contributed by atoms with E-state index in [1.54, 1.807) is 0 Å². The molecule has 4 fully saturated rings. The molecule has 2 saturated carbocycles. The van der Waals surface area contributed by atoms with Crippen LogP contribution in [0.1, 0.15) is 50.5 Å². The van der Waals surface area contributed by atoms with Gasteiger partial charge in [0.2, 0.25) is 5.91 Å². The first-order valence-corrected chi connectivity index (χ1v) is 12.8. The van der Waals surface area contributed by atoms with Crippen molar-refractivity contribution in [2.75, 3.05) is 46.9 Å². The Labute approximate surface area is 202 Å². The molecule has 1 unspecified atom stereocenters. The van der Waals surface area contributed by atoms with Gasteiger partial charge in [0.05, 0.1) is 31.4 Å². The van der Waals surface area contributed by atoms with Gasteiger partial charge >= 0.3 is 0 Å². The van der Waals surface area contributed by atoms with Gasteiger partial charge in [-0.3, -0.25) is 19.5 Å². The predicted octanol–water partition coefficient (Wildman–Crippen LogP) is 1.08. The molecular formula is C26H40N4O4. The first kappa shape index (κ1) is 24.2. The van der Waals surface area contributed by atoms with Gasteiger partial charge in [0.1, 0.15) is 0 Å². The zero-order valence-electron chi connectivity index (χ0n) is 20.6. The number of ether oxygens (including phenoxy) is 1. The molecule has 1 amide bonds. The SMILES string of the molecule is CN(C)[C@]1(c2ccccc2)CC[C@]2(CC1)CN(CC(=O)NC1COC1)C(O)N2CC1(O)CCC1. The van der Waals surface area contributed by atoms with E-state index in [2.05, 4.69) is 59.5 Å². The van der Waals surface area contributed by atoms with Crippen LogP contribution in [0.4, 0.5) is 0 Å². The number of aliphatic hydroxyl groups excluding tert-OH is 1. The fraction of sp³-hybridized carbons (Fsp3) is 0.731. The number of rotatable bonds is 7. The molecule has 2 aliphatic heterocycles. The van der Waals surface area contributed by atoms with Crippen molar-refractivity contribution < 1.29 is 19.7 Å². The van der Waals surface area contributed by atoms with Gasteiger partial charge in [-0.25, -0.2) is 0 Å². The average molecular weight is 473 g/mol. The Kier molecular flexibility index (Phi) is 6.50. The van der Waals surface area contributed by atoms with Gasteiger partial charge in [-0.05, 0) is 64.6 Å². The fourth-order valence-electron chi connectivity index (χ4n) is 6.53. The molecule has 2 aliphatic carbocycles. The molecule has 1 aromatic carbocycles. The molecule has 34 heavy (non-hydrogen) atoms. The number of β-amino-alcohol motifs (C(OH)–C–C–N with tert-alkyl or cyclic N) is 1. The molecule has 1 aromatic rings. The van der Waals surface area contributed by atoms with E-state index in [1.807, 2.05) is 4.90 Å². The van der Waals surface area contributed by atoms with Gasteiger partial charge in [-0.15, -0.1) is 0 Å². The van der Waals surface area contributed by atoms with E-state index in [0.717, 1.165) is 44.9 Å². The van der Waals surface area contributed by atoms with Crippen LogP contribution in [0.2, 0.25) is 0 Å². The highest BCUT2D eigenvalue weighted by atomic mass is 16.5. The summed E-state index contributed by atoms with van der Waals surface area (Å²) in [5.74, 6) is -0.0746. The molecule has 2 heterocycles. The summed E-state index contributed by atoms with van der Waals surface area (Å²) in [6, 6.07) is 10.8. The minimum atomic E-state index is -0.864. The highest BCUT2D eigenvalue weighted by Gasteiger charge is 2.56. The number of nitrogens with zero attached hydrogens (tertiary/aromatic N) is 3. The van der Waals surface area contributed by atoms with Gasteiger partial charge < -0.3 is 20.3 Å². The van der Waals surface area contributed by atoms with Crippen molar-refractivity contribution >= 4 is 5.91 Å². The maximum Gasteiger partial charge on any atom is 0.234 e. The summed E-state index contributed by atoms with van der Waals surface area (Å²) in [4.78, 5) is 19.0. The van der Waals surface area contributed by atoms with Gasteiger partial charge in [0.15, 0.2) is 6.35 Å². The molecule has 4 aliphatic rings. The smallest absolute Gasteiger partial charge is 0.234 e. The van der Waals surface area contributed by atoms with Crippen LogP contribution in [0.5, 0.6) is 0 Å². The number of nitrogens with one attached hydrogen (secondary N) is 1. The Bertz CT molecular complexity index is 863. The largest absolute Gasteiger partial charge is 0.389 e. The number of carbonyl (C=O) groups excluding carboxylic acids is 1. The molecule has 8 nitrogen and oxygen atoms in total. The quantitative estimate of drug-likeness (QED) is 0.547. The number of hydrogen-bond donors (Lipinski definition) is 3. The summed E-state index contributed by atoms with van der Waals surface area (Å²) in [6.45, 7) is 2.37. The Morgan fingerprint density at radius 2 is 1.79 bits per heavy atom. The van der Waals surface area contributed by atoms with Crippen molar-refractivity contribution in [3.8, 4) is 0 Å². The van der Waals surface area contributed by atoms with Gasteiger partial charge in [-0.2, -0.15) is 0 Å². The normalized spacial score (nSPS) is 34.2. The molecule has 0 radical (unpaired) electrons. The standard InChI is InChI=1S/C26H40N4O4/c1-28(2)26(20-7-4-3-5-8-20)13-11-24(12-14-26)18-29(15-22(31)27-21-16-34-17-21)23(32)30(24)19-25(33)9-6-10-25/h3-5,7-8,21,23,32-33H,6,9-19H2,1-2H3,(H,27,31)/t23?,24-,26+. The van der Waals surface area contributed by atoms with E-state index in [1.165, 1.54) is 5.56 Å². The number of aliphatic hydroxyl groups is 2. The van der Waals surface area contributed by atoms with Crippen molar-refractivity contribution in [2.45, 2.75) is 74.0 Å². The molecule has 1 spiro atoms. The fourth-order valence-corrected chi connectivity index (χ4v) is 6.53. The van der Waals surface area contributed by atoms with Gasteiger partial charge in [0.25, 0.3) is 0 Å². The van der Waals surface area contributed by atoms with Crippen LogP contribution in [0.15, 0.2) is 30.3 Å². The third-order valence-electron chi connectivity index (χ3n) is 8.99. The van der Waals surface area contributed by atoms with Crippen molar-refractivity contribution in [1.29, 1.82) is 0 Å². The third kappa shape index (κ3) is 4.29. The number of hydrogen-bond acceptors (Lipinski definition) is 7. The highest BCUT2D eigenvalue weighted by Crippen LogP contribution is 2.50. The minimum absolute atomic E-state index is 0.0501. The Balaban J connectivity index is 1.36. The van der Waals surface area contributed by atoms with Crippen LogP contribution in [0.25, 0.3) is 0 Å². The van der Waals surface area contributed by atoms with Gasteiger partial charge in [0, 0.05) is 24.2 Å². The van der Waals surface area contributed by atoms with E-state index in [-0.39, 0.29) is 29.6 Å². The summed E-state index contributed by atoms with van der Waals surface area (Å²) in [7, 11) is 4.31. The van der Waals surface area contributed by atoms with E-state index < -0.39 is 12.0 Å². The van der Waals surface area contributed by atoms with E-state index >= 15 is 0 Å². The molecule has 188 valence electrons. The number of benzene rings is 1. The number of carbonyl (C=O) groups is 1. The lowest BCUT2D eigenvalue weighted by Crippen LogP contribution is -2.60. The topological polar surface area (TPSA) is 88.5 Å². The second-order valence-corrected chi connectivity index (χ2v) is 11.3. The number of amides is 1. The summed E-state index contributed by atoms with van der Waals surface area (Å²) < 4.78 is 5.17. The average Bonchev–Trinajstić information content (AvgIpc) is 3.01. The molecule has 0 aromatic heterocycles. The molecule has 2 saturated heterocycles. The van der Waals surface area contributed by atoms with E-state index in [4.69, 9.17) is 4.74 Å². The highest BCUT2D eigenvalue weighted by molar-refractivity contribution is 5.78. The monoisotopic (exact) mass is 472 g/mol. The maximum absolute atomic E-state index is 12.7. The molecule has 1 atom stereocenters. The van der Waals surface area contributed by atoms with Crippen LogP contribution in [0, 0.1) is 0 Å². The van der Waals surface area contributed by atoms with E-state index in [0.29, 0.717) is 26.3 Å². The molecule has 5 rings (SSSR count). The minimum Gasteiger partial charge on any atom is -0.389 e. The summed E-state index contributed by atoms with van der Waals surface area (Å²) in [5.41, 5.74) is 0.298. The zero-order valence-corrected chi connectivity index (χ0v) is 20.6. The first-order valence-electron chi connectivity index (χ1n) is 12.8.